The summed E-state index contributed by atoms with van der Waals surface area (Å²) < 4.78 is 5.33. The van der Waals surface area contributed by atoms with Crippen molar-refractivity contribution in [2.75, 3.05) is 0 Å². The SMILES string of the molecule is O=C(Cc1c(Cl)cccc1Cl)OCc1ccc(-c2ccccc2)cc1. The van der Waals surface area contributed by atoms with Gasteiger partial charge in [0.25, 0.3) is 0 Å². The van der Waals surface area contributed by atoms with Crippen molar-refractivity contribution < 1.29 is 9.53 Å². The summed E-state index contributed by atoms with van der Waals surface area (Å²) in [6.07, 6.45) is 0.0562. The van der Waals surface area contributed by atoms with E-state index < -0.39 is 0 Å². The molecule has 0 saturated carbocycles. The normalized spacial score (nSPS) is 10.5. The Morgan fingerprint density at radius 1 is 0.760 bits per heavy atom. The maximum absolute atomic E-state index is 12.0. The van der Waals surface area contributed by atoms with Gasteiger partial charge in [-0.15, -0.1) is 0 Å². The molecular weight excluding hydrogens is 355 g/mol. The van der Waals surface area contributed by atoms with Crippen LogP contribution < -0.4 is 0 Å². The number of esters is 1. The van der Waals surface area contributed by atoms with Crippen LogP contribution in [0, 0.1) is 0 Å². The van der Waals surface area contributed by atoms with Crippen molar-refractivity contribution in [3.05, 3.63) is 94.0 Å². The molecule has 0 aliphatic carbocycles. The average Bonchev–Trinajstić information content (AvgIpc) is 2.64. The number of benzene rings is 3. The third-order valence-corrected chi connectivity index (χ3v) is 4.55. The lowest BCUT2D eigenvalue weighted by Gasteiger charge is -2.08. The Bertz CT molecular complexity index is 839. The molecule has 3 aromatic carbocycles. The molecule has 0 heterocycles. The van der Waals surface area contributed by atoms with Crippen LogP contribution in [0.2, 0.25) is 10.0 Å². The van der Waals surface area contributed by atoms with Crippen molar-refractivity contribution in [1.82, 2.24) is 0 Å². The number of hydrogen-bond acceptors (Lipinski definition) is 2. The Balaban J connectivity index is 1.59. The highest BCUT2D eigenvalue weighted by atomic mass is 35.5. The van der Waals surface area contributed by atoms with Gasteiger partial charge in [-0.1, -0.05) is 83.9 Å². The maximum atomic E-state index is 12.0. The van der Waals surface area contributed by atoms with Crippen molar-refractivity contribution in [1.29, 1.82) is 0 Å². The molecule has 0 N–H and O–H groups in total. The van der Waals surface area contributed by atoms with E-state index in [0.29, 0.717) is 15.6 Å². The van der Waals surface area contributed by atoms with Gasteiger partial charge in [-0.2, -0.15) is 0 Å². The molecule has 126 valence electrons. The number of carbonyl (C=O) groups excluding carboxylic acids is 1. The van der Waals surface area contributed by atoms with Crippen LogP contribution >= 0.6 is 23.2 Å². The lowest BCUT2D eigenvalue weighted by molar-refractivity contribution is -0.144. The first-order valence-corrected chi connectivity index (χ1v) is 8.62. The van der Waals surface area contributed by atoms with Crippen LogP contribution in [0.4, 0.5) is 0 Å². The van der Waals surface area contributed by atoms with E-state index >= 15 is 0 Å². The van der Waals surface area contributed by atoms with Gasteiger partial charge in [-0.25, -0.2) is 0 Å². The minimum Gasteiger partial charge on any atom is -0.461 e. The molecule has 0 fully saturated rings. The summed E-state index contributed by atoms with van der Waals surface area (Å²) in [5, 5.41) is 0.938. The molecule has 0 unspecified atom stereocenters. The van der Waals surface area contributed by atoms with E-state index in [-0.39, 0.29) is 19.0 Å². The second-order valence-corrected chi connectivity index (χ2v) is 6.42. The standard InChI is InChI=1S/C21H16Cl2O2/c22-19-7-4-8-20(23)18(19)13-21(24)25-14-15-9-11-17(12-10-15)16-5-2-1-3-6-16/h1-12H,13-14H2. The van der Waals surface area contributed by atoms with E-state index in [9.17, 15) is 4.79 Å². The Morgan fingerprint density at radius 3 is 2.00 bits per heavy atom. The molecule has 4 heteroatoms. The zero-order chi connectivity index (χ0) is 17.6. The van der Waals surface area contributed by atoms with Gasteiger partial charge in [-0.05, 0) is 28.8 Å². The summed E-state index contributed by atoms with van der Waals surface area (Å²) in [5.41, 5.74) is 3.80. The van der Waals surface area contributed by atoms with Crippen LogP contribution in [0.3, 0.4) is 0 Å². The minimum absolute atomic E-state index is 0.0562. The van der Waals surface area contributed by atoms with Gasteiger partial charge >= 0.3 is 5.97 Å². The Hall–Kier alpha value is -2.29. The molecule has 25 heavy (non-hydrogen) atoms. The first-order chi connectivity index (χ1) is 12.1. The van der Waals surface area contributed by atoms with E-state index in [1.807, 2.05) is 42.5 Å². The second kappa shape index (κ2) is 8.19. The molecule has 0 spiro atoms. The van der Waals surface area contributed by atoms with E-state index in [1.165, 1.54) is 0 Å². The number of hydrogen-bond donors (Lipinski definition) is 0. The van der Waals surface area contributed by atoms with E-state index in [2.05, 4.69) is 12.1 Å². The summed E-state index contributed by atoms with van der Waals surface area (Å²) in [5.74, 6) is -0.359. The molecule has 3 rings (SSSR count). The number of rotatable bonds is 5. The molecule has 0 aliphatic heterocycles. The van der Waals surface area contributed by atoms with Crippen LogP contribution in [-0.4, -0.2) is 5.97 Å². The molecule has 2 nitrogen and oxygen atoms in total. The molecule has 0 aliphatic rings. The molecule has 0 amide bonds. The highest BCUT2D eigenvalue weighted by Gasteiger charge is 2.12. The predicted molar refractivity (Wildman–Crippen MR) is 102 cm³/mol. The van der Waals surface area contributed by atoms with E-state index in [0.717, 1.165) is 16.7 Å². The molecule has 0 radical (unpaired) electrons. The van der Waals surface area contributed by atoms with Gasteiger partial charge in [0.2, 0.25) is 0 Å². The molecule has 3 aromatic rings. The predicted octanol–water partition coefficient (Wildman–Crippen LogP) is 5.95. The first kappa shape index (κ1) is 17.5. The third-order valence-electron chi connectivity index (χ3n) is 3.84. The highest BCUT2D eigenvalue weighted by Crippen LogP contribution is 2.25. The summed E-state index contributed by atoms with van der Waals surface area (Å²) in [6.45, 7) is 0.218. The van der Waals surface area contributed by atoms with Crippen LogP contribution in [0.15, 0.2) is 72.8 Å². The fourth-order valence-corrected chi connectivity index (χ4v) is 3.02. The Kier molecular flexibility index (Phi) is 5.75. The molecule has 0 atom stereocenters. The fourth-order valence-electron chi connectivity index (χ4n) is 2.48. The second-order valence-electron chi connectivity index (χ2n) is 5.60. The minimum atomic E-state index is -0.359. The van der Waals surface area contributed by atoms with Crippen LogP contribution in [0.1, 0.15) is 11.1 Å². The van der Waals surface area contributed by atoms with Gasteiger partial charge in [0, 0.05) is 15.6 Å². The van der Waals surface area contributed by atoms with Gasteiger partial charge in [0.15, 0.2) is 0 Å². The van der Waals surface area contributed by atoms with Gasteiger partial charge in [0.1, 0.15) is 6.61 Å². The fraction of sp³-hybridized carbons (Fsp3) is 0.0952. The van der Waals surface area contributed by atoms with Gasteiger partial charge < -0.3 is 4.74 Å². The Morgan fingerprint density at radius 2 is 1.36 bits per heavy atom. The Labute approximate surface area is 157 Å². The molecule has 0 saturated heterocycles. The lowest BCUT2D eigenvalue weighted by atomic mass is 10.0. The molecule has 0 bridgehead atoms. The quantitative estimate of drug-likeness (QED) is 0.519. The number of halogens is 2. The number of carbonyl (C=O) groups is 1. The maximum Gasteiger partial charge on any atom is 0.310 e. The summed E-state index contributed by atoms with van der Waals surface area (Å²) in [6, 6.07) is 23.2. The summed E-state index contributed by atoms with van der Waals surface area (Å²) in [4.78, 5) is 12.0. The van der Waals surface area contributed by atoms with Crippen LogP contribution in [-0.2, 0) is 22.6 Å². The first-order valence-electron chi connectivity index (χ1n) is 7.86. The van der Waals surface area contributed by atoms with Gasteiger partial charge in [0.05, 0.1) is 6.42 Å². The molecule has 0 aromatic heterocycles. The van der Waals surface area contributed by atoms with Crippen LogP contribution in [0.5, 0.6) is 0 Å². The molecular formula is C21H16Cl2O2. The number of ether oxygens (including phenoxy) is 1. The van der Waals surface area contributed by atoms with E-state index in [4.69, 9.17) is 27.9 Å². The highest BCUT2D eigenvalue weighted by molar-refractivity contribution is 6.36. The topological polar surface area (TPSA) is 26.3 Å². The third kappa shape index (κ3) is 4.62. The summed E-state index contributed by atoms with van der Waals surface area (Å²) in [7, 11) is 0. The van der Waals surface area contributed by atoms with Crippen molar-refractivity contribution in [3.63, 3.8) is 0 Å². The summed E-state index contributed by atoms with van der Waals surface area (Å²) >= 11 is 12.1. The van der Waals surface area contributed by atoms with Crippen LogP contribution in [0.25, 0.3) is 11.1 Å². The van der Waals surface area contributed by atoms with Crippen molar-refractivity contribution in [2.24, 2.45) is 0 Å². The van der Waals surface area contributed by atoms with Crippen molar-refractivity contribution >= 4 is 29.2 Å². The smallest absolute Gasteiger partial charge is 0.310 e. The van der Waals surface area contributed by atoms with E-state index in [1.54, 1.807) is 18.2 Å². The zero-order valence-electron chi connectivity index (χ0n) is 13.4. The van der Waals surface area contributed by atoms with Crippen molar-refractivity contribution in [2.45, 2.75) is 13.0 Å². The van der Waals surface area contributed by atoms with Gasteiger partial charge in [-0.3, -0.25) is 4.79 Å². The average molecular weight is 371 g/mol. The lowest BCUT2D eigenvalue weighted by Crippen LogP contribution is -2.08. The van der Waals surface area contributed by atoms with Crippen molar-refractivity contribution in [3.8, 4) is 11.1 Å². The zero-order valence-corrected chi connectivity index (χ0v) is 14.9. The monoisotopic (exact) mass is 370 g/mol. The largest absolute Gasteiger partial charge is 0.461 e.